The van der Waals surface area contributed by atoms with Crippen LogP contribution in [0.5, 0.6) is 5.75 Å². The van der Waals surface area contributed by atoms with Gasteiger partial charge in [0.2, 0.25) is 0 Å². The molecule has 0 radical (unpaired) electrons. The normalized spacial score (nSPS) is 20.7. The van der Waals surface area contributed by atoms with Gasteiger partial charge >= 0.3 is 0 Å². The molecule has 3 heteroatoms. The van der Waals surface area contributed by atoms with Crippen molar-refractivity contribution < 1.29 is 9.47 Å². The van der Waals surface area contributed by atoms with Gasteiger partial charge in [-0.25, -0.2) is 0 Å². The van der Waals surface area contributed by atoms with Crippen LogP contribution in [0.25, 0.3) is 0 Å². The van der Waals surface area contributed by atoms with E-state index in [2.05, 4.69) is 38.2 Å². The number of hydrogen-bond acceptors (Lipinski definition) is 3. The quantitative estimate of drug-likeness (QED) is 0.854. The van der Waals surface area contributed by atoms with Crippen molar-refractivity contribution >= 4 is 0 Å². The molecule has 1 aromatic carbocycles. The number of rotatable bonds is 6. The summed E-state index contributed by atoms with van der Waals surface area (Å²) in [6.45, 7) is 8.12. The molecule has 0 aliphatic carbocycles. The van der Waals surface area contributed by atoms with E-state index in [1.807, 2.05) is 12.1 Å². The molecular formula is C16H25NO2. The van der Waals surface area contributed by atoms with Crippen LogP contribution >= 0.6 is 0 Å². The van der Waals surface area contributed by atoms with Crippen LogP contribution in [0.15, 0.2) is 24.3 Å². The zero-order valence-corrected chi connectivity index (χ0v) is 12.2. The Kier molecular flexibility index (Phi) is 5.23. The monoisotopic (exact) mass is 263 g/mol. The Morgan fingerprint density at radius 3 is 2.79 bits per heavy atom. The van der Waals surface area contributed by atoms with Gasteiger partial charge in [0.25, 0.3) is 0 Å². The average Bonchev–Trinajstić information content (AvgIpc) is 2.89. The minimum atomic E-state index is 0.200. The smallest absolute Gasteiger partial charge is 0.124 e. The highest BCUT2D eigenvalue weighted by Gasteiger charge is 2.18. The molecule has 0 aromatic heterocycles. The van der Waals surface area contributed by atoms with Crippen LogP contribution in [0.3, 0.4) is 0 Å². The molecule has 0 spiro atoms. The Morgan fingerprint density at radius 1 is 1.32 bits per heavy atom. The SMILES string of the molecule is CC(C)Oc1ccccc1C(C)NCC1CCCO1. The highest BCUT2D eigenvalue weighted by atomic mass is 16.5. The zero-order chi connectivity index (χ0) is 13.7. The van der Waals surface area contributed by atoms with Crippen molar-refractivity contribution in [3.05, 3.63) is 29.8 Å². The van der Waals surface area contributed by atoms with Crippen molar-refractivity contribution in [3.63, 3.8) is 0 Å². The van der Waals surface area contributed by atoms with Crippen molar-refractivity contribution in [3.8, 4) is 5.75 Å². The second-order valence-corrected chi connectivity index (χ2v) is 5.47. The van der Waals surface area contributed by atoms with Crippen LogP contribution in [0, 0.1) is 0 Å². The molecule has 1 heterocycles. The van der Waals surface area contributed by atoms with E-state index in [0.29, 0.717) is 6.10 Å². The third-order valence-corrected chi connectivity index (χ3v) is 3.42. The summed E-state index contributed by atoms with van der Waals surface area (Å²) in [5.74, 6) is 0.977. The predicted molar refractivity (Wildman–Crippen MR) is 77.6 cm³/mol. The highest BCUT2D eigenvalue weighted by Crippen LogP contribution is 2.26. The number of hydrogen-bond donors (Lipinski definition) is 1. The Balaban J connectivity index is 1.95. The van der Waals surface area contributed by atoms with Crippen LogP contribution < -0.4 is 10.1 Å². The third-order valence-electron chi connectivity index (χ3n) is 3.42. The lowest BCUT2D eigenvalue weighted by Crippen LogP contribution is -2.29. The van der Waals surface area contributed by atoms with Gasteiger partial charge in [-0.3, -0.25) is 0 Å². The molecule has 1 aliphatic rings. The fraction of sp³-hybridized carbons (Fsp3) is 0.625. The fourth-order valence-electron chi connectivity index (χ4n) is 2.42. The maximum atomic E-state index is 5.87. The summed E-state index contributed by atoms with van der Waals surface area (Å²) in [7, 11) is 0. The van der Waals surface area contributed by atoms with Crippen molar-refractivity contribution in [2.75, 3.05) is 13.2 Å². The van der Waals surface area contributed by atoms with E-state index in [1.165, 1.54) is 18.4 Å². The summed E-state index contributed by atoms with van der Waals surface area (Å²) < 4.78 is 11.5. The third kappa shape index (κ3) is 4.22. The molecule has 1 aliphatic heterocycles. The van der Waals surface area contributed by atoms with Crippen molar-refractivity contribution in [2.24, 2.45) is 0 Å². The van der Waals surface area contributed by atoms with Gasteiger partial charge in [-0.2, -0.15) is 0 Å². The molecule has 2 rings (SSSR count). The van der Waals surface area contributed by atoms with E-state index in [0.717, 1.165) is 18.9 Å². The lowest BCUT2D eigenvalue weighted by atomic mass is 10.1. The summed E-state index contributed by atoms with van der Waals surface area (Å²) in [5, 5.41) is 3.55. The molecule has 1 N–H and O–H groups in total. The number of nitrogens with one attached hydrogen (secondary N) is 1. The second kappa shape index (κ2) is 6.92. The average molecular weight is 263 g/mol. The molecule has 0 bridgehead atoms. The Hall–Kier alpha value is -1.06. The molecular weight excluding hydrogens is 238 g/mol. The van der Waals surface area contributed by atoms with E-state index in [-0.39, 0.29) is 12.1 Å². The molecule has 3 nitrogen and oxygen atoms in total. The molecule has 2 unspecified atom stereocenters. The molecule has 19 heavy (non-hydrogen) atoms. The molecule has 0 amide bonds. The van der Waals surface area contributed by atoms with Crippen LogP contribution in [-0.2, 0) is 4.74 Å². The standard InChI is InChI=1S/C16H25NO2/c1-12(2)19-16-9-5-4-8-15(16)13(3)17-11-14-7-6-10-18-14/h4-5,8-9,12-14,17H,6-7,10-11H2,1-3H3. The van der Waals surface area contributed by atoms with Gasteiger partial charge in [-0.15, -0.1) is 0 Å². The van der Waals surface area contributed by atoms with E-state index >= 15 is 0 Å². The van der Waals surface area contributed by atoms with Gasteiger partial charge < -0.3 is 14.8 Å². The maximum absolute atomic E-state index is 5.87. The van der Waals surface area contributed by atoms with Crippen molar-refractivity contribution in [2.45, 2.75) is 51.9 Å². The highest BCUT2D eigenvalue weighted by molar-refractivity contribution is 5.35. The summed E-state index contributed by atoms with van der Waals surface area (Å²) in [6, 6.07) is 8.53. The van der Waals surface area contributed by atoms with E-state index < -0.39 is 0 Å². The van der Waals surface area contributed by atoms with Crippen molar-refractivity contribution in [1.82, 2.24) is 5.32 Å². The van der Waals surface area contributed by atoms with Gasteiger partial charge in [0.1, 0.15) is 5.75 Å². The molecule has 2 atom stereocenters. The van der Waals surface area contributed by atoms with Crippen LogP contribution in [0.1, 0.15) is 45.2 Å². The van der Waals surface area contributed by atoms with Crippen molar-refractivity contribution in [1.29, 1.82) is 0 Å². The summed E-state index contributed by atoms with van der Waals surface area (Å²) >= 11 is 0. The van der Waals surface area contributed by atoms with Crippen LogP contribution in [0.4, 0.5) is 0 Å². The Bertz CT molecular complexity index is 386. The van der Waals surface area contributed by atoms with Gasteiger partial charge in [-0.1, -0.05) is 18.2 Å². The van der Waals surface area contributed by atoms with Crippen LogP contribution in [-0.4, -0.2) is 25.4 Å². The van der Waals surface area contributed by atoms with Gasteiger partial charge in [0, 0.05) is 24.8 Å². The zero-order valence-electron chi connectivity index (χ0n) is 12.2. The molecule has 0 saturated carbocycles. The Morgan fingerprint density at radius 2 is 2.11 bits per heavy atom. The Labute approximate surface area is 116 Å². The first-order valence-electron chi connectivity index (χ1n) is 7.27. The first-order chi connectivity index (χ1) is 9.16. The first kappa shape index (κ1) is 14.4. The second-order valence-electron chi connectivity index (χ2n) is 5.47. The van der Waals surface area contributed by atoms with E-state index in [9.17, 15) is 0 Å². The number of para-hydroxylation sites is 1. The largest absolute Gasteiger partial charge is 0.491 e. The first-order valence-corrected chi connectivity index (χ1v) is 7.27. The predicted octanol–water partition coefficient (Wildman–Crippen LogP) is 3.30. The topological polar surface area (TPSA) is 30.5 Å². The fourth-order valence-corrected chi connectivity index (χ4v) is 2.42. The summed E-state index contributed by atoms with van der Waals surface area (Å²) in [6.07, 6.45) is 2.93. The summed E-state index contributed by atoms with van der Waals surface area (Å²) in [5.41, 5.74) is 1.22. The van der Waals surface area contributed by atoms with Gasteiger partial charge in [0.15, 0.2) is 0 Å². The molecule has 1 saturated heterocycles. The lowest BCUT2D eigenvalue weighted by Gasteiger charge is -2.21. The maximum Gasteiger partial charge on any atom is 0.124 e. The lowest BCUT2D eigenvalue weighted by molar-refractivity contribution is 0.108. The molecule has 1 aromatic rings. The number of ether oxygens (including phenoxy) is 2. The van der Waals surface area contributed by atoms with Gasteiger partial charge in [-0.05, 0) is 39.7 Å². The molecule has 1 fully saturated rings. The van der Waals surface area contributed by atoms with Crippen LogP contribution in [0.2, 0.25) is 0 Å². The molecule has 106 valence electrons. The van der Waals surface area contributed by atoms with E-state index in [1.54, 1.807) is 0 Å². The van der Waals surface area contributed by atoms with E-state index in [4.69, 9.17) is 9.47 Å². The summed E-state index contributed by atoms with van der Waals surface area (Å²) in [4.78, 5) is 0. The number of benzene rings is 1. The minimum absolute atomic E-state index is 0.200. The van der Waals surface area contributed by atoms with Gasteiger partial charge in [0.05, 0.1) is 12.2 Å². The minimum Gasteiger partial charge on any atom is -0.491 e.